The molecule has 26 heavy (non-hydrogen) atoms. The van der Waals surface area contributed by atoms with Crippen LogP contribution in [0, 0.1) is 23.2 Å². The summed E-state index contributed by atoms with van der Waals surface area (Å²) in [6.45, 7) is 5.03. The first-order valence-corrected chi connectivity index (χ1v) is 8.59. The molecule has 4 nitrogen and oxygen atoms in total. The summed E-state index contributed by atoms with van der Waals surface area (Å²) in [7, 11) is 0. The average Bonchev–Trinajstić information content (AvgIpc) is 2.61. The van der Waals surface area contributed by atoms with E-state index in [1.807, 2.05) is 0 Å². The summed E-state index contributed by atoms with van der Waals surface area (Å²) in [5.41, 5.74) is 1.67. The Bertz CT molecular complexity index is 1140. The van der Waals surface area contributed by atoms with Crippen molar-refractivity contribution in [2.24, 2.45) is 5.41 Å². The smallest absolute Gasteiger partial charge is 0.261 e. The Morgan fingerprint density at radius 3 is 2.88 bits per heavy atom. The highest BCUT2D eigenvalue weighted by Gasteiger charge is 2.27. The molecule has 4 rings (SSSR count). The lowest BCUT2D eigenvalue weighted by Crippen LogP contribution is -2.36. The van der Waals surface area contributed by atoms with E-state index >= 15 is 0 Å². The fourth-order valence-corrected chi connectivity index (χ4v) is 3.27. The van der Waals surface area contributed by atoms with Crippen LogP contribution in [0.15, 0.2) is 41.3 Å². The summed E-state index contributed by atoms with van der Waals surface area (Å²) >= 11 is 0. The van der Waals surface area contributed by atoms with Crippen LogP contribution < -0.4 is 5.56 Å². The van der Waals surface area contributed by atoms with E-state index < -0.39 is 5.95 Å². The standard InChI is InChI=1S/C21H18FN3O/c1-21(2)10-9-18-24-17-12-14(5-7-15-4-3-11-23-19(15)22)6-8-16(17)20(26)25(18)13-21/h3-4,6,8,11-12H,9-10,13H2,1-2H3. The highest BCUT2D eigenvalue weighted by molar-refractivity contribution is 5.79. The lowest BCUT2D eigenvalue weighted by molar-refractivity contribution is 0.240. The lowest BCUT2D eigenvalue weighted by Gasteiger charge is -2.31. The molecule has 1 aliphatic heterocycles. The van der Waals surface area contributed by atoms with E-state index in [0.29, 0.717) is 23.0 Å². The van der Waals surface area contributed by atoms with E-state index in [1.54, 1.807) is 34.9 Å². The second kappa shape index (κ2) is 6.06. The number of benzene rings is 1. The van der Waals surface area contributed by atoms with Crippen molar-refractivity contribution in [2.45, 2.75) is 33.2 Å². The number of pyridine rings is 1. The van der Waals surface area contributed by atoms with Gasteiger partial charge in [-0.1, -0.05) is 25.7 Å². The van der Waals surface area contributed by atoms with Crippen LogP contribution in [0.25, 0.3) is 10.9 Å². The first kappa shape index (κ1) is 16.5. The van der Waals surface area contributed by atoms with Crippen molar-refractivity contribution in [3.05, 3.63) is 69.8 Å². The summed E-state index contributed by atoms with van der Waals surface area (Å²) in [5, 5.41) is 0.588. The Morgan fingerprint density at radius 1 is 1.23 bits per heavy atom. The number of aromatic nitrogens is 3. The van der Waals surface area contributed by atoms with Gasteiger partial charge in [-0.3, -0.25) is 9.36 Å². The van der Waals surface area contributed by atoms with Crippen molar-refractivity contribution < 1.29 is 4.39 Å². The minimum Gasteiger partial charge on any atom is -0.296 e. The van der Waals surface area contributed by atoms with Crippen LogP contribution in [0.3, 0.4) is 0 Å². The van der Waals surface area contributed by atoms with E-state index in [9.17, 15) is 9.18 Å². The highest BCUT2D eigenvalue weighted by Crippen LogP contribution is 2.29. The highest BCUT2D eigenvalue weighted by atomic mass is 19.1. The molecule has 3 heterocycles. The van der Waals surface area contributed by atoms with Crippen molar-refractivity contribution in [1.29, 1.82) is 0 Å². The summed E-state index contributed by atoms with van der Waals surface area (Å²) in [4.78, 5) is 21.1. The van der Waals surface area contributed by atoms with Gasteiger partial charge in [0.05, 0.1) is 16.5 Å². The van der Waals surface area contributed by atoms with E-state index in [0.717, 1.165) is 18.7 Å². The normalized spacial score (nSPS) is 15.2. The maximum Gasteiger partial charge on any atom is 0.261 e. The van der Waals surface area contributed by atoms with Gasteiger partial charge < -0.3 is 0 Å². The summed E-state index contributed by atoms with van der Waals surface area (Å²) in [6.07, 6.45) is 3.18. The molecule has 0 bridgehead atoms. The predicted octanol–water partition coefficient (Wildman–Crippen LogP) is 3.30. The van der Waals surface area contributed by atoms with Crippen molar-refractivity contribution in [2.75, 3.05) is 0 Å². The number of halogens is 1. The molecule has 0 atom stereocenters. The SMILES string of the molecule is CC1(C)CCc2nc3cc(C#Cc4cccnc4F)ccc3c(=O)n2C1. The third kappa shape index (κ3) is 2.99. The Labute approximate surface area is 150 Å². The molecule has 0 saturated heterocycles. The molecule has 130 valence electrons. The maximum atomic E-state index is 13.6. The molecule has 0 N–H and O–H groups in total. The number of aryl methyl sites for hydroxylation is 1. The van der Waals surface area contributed by atoms with Crippen LogP contribution >= 0.6 is 0 Å². The van der Waals surface area contributed by atoms with Gasteiger partial charge in [0.25, 0.3) is 5.56 Å². The molecule has 1 aliphatic rings. The van der Waals surface area contributed by atoms with Crippen LogP contribution in [0.1, 0.15) is 37.2 Å². The first-order valence-electron chi connectivity index (χ1n) is 8.59. The van der Waals surface area contributed by atoms with Crippen LogP contribution in [-0.2, 0) is 13.0 Å². The van der Waals surface area contributed by atoms with Gasteiger partial charge in [0, 0.05) is 24.7 Å². The van der Waals surface area contributed by atoms with Gasteiger partial charge in [-0.05, 0) is 42.2 Å². The molecule has 5 heteroatoms. The first-order chi connectivity index (χ1) is 12.4. The Balaban J connectivity index is 1.78. The van der Waals surface area contributed by atoms with Gasteiger partial charge in [-0.2, -0.15) is 4.39 Å². The van der Waals surface area contributed by atoms with Gasteiger partial charge in [-0.25, -0.2) is 9.97 Å². The zero-order chi connectivity index (χ0) is 18.3. The number of fused-ring (bicyclic) bond motifs is 2. The number of hydrogen-bond donors (Lipinski definition) is 0. The fraction of sp³-hybridized carbons (Fsp3) is 0.286. The molecule has 0 saturated carbocycles. The lowest BCUT2D eigenvalue weighted by atomic mass is 9.85. The van der Waals surface area contributed by atoms with Crippen molar-refractivity contribution in [1.82, 2.24) is 14.5 Å². The van der Waals surface area contributed by atoms with Crippen LogP contribution in [0.5, 0.6) is 0 Å². The Hall–Kier alpha value is -3.00. The van der Waals surface area contributed by atoms with Crippen LogP contribution in [-0.4, -0.2) is 14.5 Å². The predicted molar refractivity (Wildman–Crippen MR) is 98.3 cm³/mol. The molecule has 1 aromatic carbocycles. The third-order valence-electron chi connectivity index (χ3n) is 4.75. The molecular weight excluding hydrogens is 329 g/mol. The second-order valence-electron chi connectivity index (χ2n) is 7.41. The average molecular weight is 347 g/mol. The zero-order valence-corrected chi connectivity index (χ0v) is 14.7. The molecule has 2 aromatic heterocycles. The monoisotopic (exact) mass is 347 g/mol. The van der Waals surface area contributed by atoms with Gasteiger partial charge in [0.15, 0.2) is 0 Å². The molecule has 3 aromatic rings. The van der Waals surface area contributed by atoms with E-state index in [-0.39, 0.29) is 16.5 Å². The maximum absolute atomic E-state index is 13.6. The van der Waals surface area contributed by atoms with Crippen LogP contribution in [0.4, 0.5) is 4.39 Å². The van der Waals surface area contributed by atoms with Crippen molar-refractivity contribution in [3.63, 3.8) is 0 Å². The topological polar surface area (TPSA) is 47.8 Å². The number of nitrogens with zero attached hydrogens (tertiary/aromatic N) is 3. The summed E-state index contributed by atoms with van der Waals surface area (Å²) in [5.74, 6) is 5.95. The second-order valence-corrected chi connectivity index (χ2v) is 7.41. The van der Waals surface area contributed by atoms with Gasteiger partial charge in [0.2, 0.25) is 5.95 Å². The fourth-order valence-electron chi connectivity index (χ4n) is 3.27. The molecule has 0 unspecified atom stereocenters. The summed E-state index contributed by atoms with van der Waals surface area (Å²) < 4.78 is 15.4. The number of rotatable bonds is 0. The Kier molecular flexibility index (Phi) is 3.84. The minimum atomic E-state index is -0.589. The van der Waals surface area contributed by atoms with E-state index in [2.05, 4.69) is 35.7 Å². The number of hydrogen-bond acceptors (Lipinski definition) is 3. The Morgan fingerprint density at radius 2 is 2.08 bits per heavy atom. The molecule has 0 fully saturated rings. The molecule has 0 spiro atoms. The van der Waals surface area contributed by atoms with Crippen molar-refractivity contribution in [3.8, 4) is 11.8 Å². The largest absolute Gasteiger partial charge is 0.296 e. The molecular formula is C21H18FN3O. The van der Waals surface area contributed by atoms with E-state index in [1.165, 1.54) is 6.20 Å². The molecule has 0 radical (unpaired) electrons. The molecule has 0 aliphatic carbocycles. The zero-order valence-electron chi connectivity index (χ0n) is 14.7. The van der Waals surface area contributed by atoms with Crippen LogP contribution in [0.2, 0.25) is 0 Å². The van der Waals surface area contributed by atoms with E-state index in [4.69, 9.17) is 0 Å². The molecule has 0 amide bonds. The summed E-state index contributed by atoms with van der Waals surface area (Å²) in [6, 6.07) is 8.54. The van der Waals surface area contributed by atoms with Gasteiger partial charge in [-0.15, -0.1) is 0 Å². The minimum absolute atomic E-state index is 0.00409. The van der Waals surface area contributed by atoms with Gasteiger partial charge >= 0.3 is 0 Å². The van der Waals surface area contributed by atoms with Crippen molar-refractivity contribution >= 4 is 10.9 Å². The third-order valence-corrected chi connectivity index (χ3v) is 4.75. The quantitative estimate of drug-likeness (QED) is 0.463. The van der Waals surface area contributed by atoms with Gasteiger partial charge in [0.1, 0.15) is 5.82 Å².